The zero-order chi connectivity index (χ0) is 30.3. The normalized spacial score (nSPS) is 11.4. The third kappa shape index (κ3) is 7.48. The van der Waals surface area contributed by atoms with Crippen molar-refractivity contribution in [2.75, 3.05) is 26.0 Å². The second kappa shape index (κ2) is 13.4. The highest BCUT2D eigenvalue weighted by Crippen LogP contribution is 2.22. The fourth-order valence-electron chi connectivity index (χ4n) is 4.43. The van der Waals surface area contributed by atoms with E-state index in [0.717, 1.165) is 17.8 Å². The van der Waals surface area contributed by atoms with E-state index in [9.17, 15) is 9.59 Å². The standard InChI is InChI=1S/C32H29ClFN7O2/c1-40(2)19-21-7-11-24(12-8-21)38-32-37-18-26-27(39-32)13-10-23(29(26)34)5-3-15-35-30(42)25-6-4-16-41(31(25)43)20-22-9-14-28(33)36-17-22/h3-14,16-18H,15,19-20H2,1-2H3,(H,35,42)(H,37,38,39). The maximum atomic E-state index is 15.2. The number of nitrogens with zero attached hydrogens (tertiary/aromatic N) is 5. The summed E-state index contributed by atoms with van der Waals surface area (Å²) in [6.45, 7) is 1.18. The molecule has 5 aromatic rings. The number of nitrogens with one attached hydrogen (secondary N) is 2. The van der Waals surface area contributed by atoms with E-state index in [4.69, 9.17) is 11.6 Å². The van der Waals surface area contributed by atoms with Gasteiger partial charge in [0.05, 0.1) is 17.4 Å². The Balaban J connectivity index is 1.21. The van der Waals surface area contributed by atoms with Crippen LogP contribution in [0.25, 0.3) is 17.0 Å². The van der Waals surface area contributed by atoms with Crippen LogP contribution in [-0.2, 0) is 13.1 Å². The van der Waals surface area contributed by atoms with Crippen LogP contribution in [0.3, 0.4) is 0 Å². The Kier molecular flexibility index (Phi) is 9.19. The first-order valence-electron chi connectivity index (χ1n) is 13.5. The van der Waals surface area contributed by atoms with E-state index in [1.165, 1.54) is 22.4 Å². The number of rotatable bonds is 10. The summed E-state index contributed by atoms with van der Waals surface area (Å²) in [6.07, 6.45) is 7.79. The summed E-state index contributed by atoms with van der Waals surface area (Å²) in [4.78, 5) is 40.4. The van der Waals surface area contributed by atoms with Crippen LogP contribution in [0.1, 0.15) is 27.0 Å². The summed E-state index contributed by atoms with van der Waals surface area (Å²) in [6, 6.07) is 17.8. The number of hydrogen-bond donors (Lipinski definition) is 2. The van der Waals surface area contributed by atoms with Crippen molar-refractivity contribution in [1.82, 2.24) is 29.7 Å². The van der Waals surface area contributed by atoms with Gasteiger partial charge in [-0.3, -0.25) is 9.59 Å². The number of hydrogen-bond acceptors (Lipinski definition) is 7. The third-order valence-corrected chi connectivity index (χ3v) is 6.75. The molecule has 0 saturated carbocycles. The van der Waals surface area contributed by atoms with E-state index >= 15 is 4.39 Å². The second-order valence-electron chi connectivity index (χ2n) is 10.1. The van der Waals surface area contributed by atoms with E-state index in [1.54, 1.807) is 54.9 Å². The van der Waals surface area contributed by atoms with E-state index in [0.29, 0.717) is 22.2 Å². The molecule has 1 amide bonds. The van der Waals surface area contributed by atoms with Crippen LogP contribution in [0.15, 0.2) is 90.1 Å². The molecule has 0 radical (unpaired) electrons. The van der Waals surface area contributed by atoms with Crippen molar-refractivity contribution in [1.29, 1.82) is 0 Å². The van der Waals surface area contributed by atoms with Crippen molar-refractivity contribution in [2.24, 2.45) is 0 Å². The number of amides is 1. The maximum Gasteiger partial charge on any atom is 0.263 e. The number of carbonyl (C=O) groups excluding carboxylic acids is 1. The minimum Gasteiger partial charge on any atom is -0.348 e. The average Bonchev–Trinajstić information content (AvgIpc) is 2.99. The lowest BCUT2D eigenvalue weighted by Crippen LogP contribution is -2.33. The predicted molar refractivity (Wildman–Crippen MR) is 167 cm³/mol. The molecule has 11 heteroatoms. The van der Waals surface area contributed by atoms with E-state index < -0.39 is 17.3 Å². The highest BCUT2D eigenvalue weighted by Gasteiger charge is 2.12. The number of fused-ring (bicyclic) bond motifs is 1. The molecule has 0 atom stereocenters. The lowest BCUT2D eigenvalue weighted by Gasteiger charge is -2.11. The minimum atomic E-state index is -0.530. The number of benzene rings is 2. The zero-order valence-electron chi connectivity index (χ0n) is 23.6. The fraction of sp³-hybridized carbons (Fsp3) is 0.156. The van der Waals surface area contributed by atoms with Gasteiger partial charge in [-0.25, -0.2) is 19.3 Å². The first-order chi connectivity index (χ1) is 20.8. The molecule has 0 aliphatic heterocycles. The first kappa shape index (κ1) is 29.6. The Morgan fingerprint density at radius 1 is 1.02 bits per heavy atom. The molecule has 0 aliphatic carbocycles. The Hall–Kier alpha value is -4.93. The monoisotopic (exact) mass is 597 g/mol. The Bertz CT molecular complexity index is 1840. The zero-order valence-corrected chi connectivity index (χ0v) is 24.3. The summed E-state index contributed by atoms with van der Waals surface area (Å²) in [5.41, 5.74) is 3.13. The number of carbonyl (C=O) groups is 1. The van der Waals surface area contributed by atoms with Gasteiger partial charge in [-0.15, -0.1) is 0 Å². The smallest absolute Gasteiger partial charge is 0.263 e. The van der Waals surface area contributed by atoms with Crippen molar-refractivity contribution in [3.05, 3.63) is 129 Å². The van der Waals surface area contributed by atoms with Gasteiger partial charge in [-0.2, -0.15) is 0 Å². The van der Waals surface area contributed by atoms with Crippen LogP contribution in [0.2, 0.25) is 5.15 Å². The minimum absolute atomic E-state index is 0.000720. The van der Waals surface area contributed by atoms with E-state index in [1.807, 2.05) is 38.4 Å². The van der Waals surface area contributed by atoms with Gasteiger partial charge >= 0.3 is 0 Å². The quantitative estimate of drug-likeness (QED) is 0.211. The number of pyridine rings is 2. The Labute approximate surface area is 252 Å². The lowest BCUT2D eigenvalue weighted by atomic mass is 10.1. The topological polar surface area (TPSA) is 105 Å². The van der Waals surface area contributed by atoms with E-state index in [-0.39, 0.29) is 24.0 Å². The summed E-state index contributed by atoms with van der Waals surface area (Å²) in [5.74, 6) is -0.636. The van der Waals surface area contributed by atoms with Gasteiger partial charge in [-0.1, -0.05) is 42.0 Å². The van der Waals surface area contributed by atoms with Crippen LogP contribution in [0.4, 0.5) is 16.0 Å². The van der Waals surface area contributed by atoms with Crippen LogP contribution in [0.5, 0.6) is 0 Å². The van der Waals surface area contributed by atoms with Gasteiger partial charge in [0.15, 0.2) is 0 Å². The first-order valence-corrected chi connectivity index (χ1v) is 13.9. The molecule has 2 aromatic carbocycles. The van der Waals surface area contributed by atoms with Gasteiger partial charge in [0.25, 0.3) is 11.5 Å². The van der Waals surface area contributed by atoms with Crippen LogP contribution in [-0.4, -0.2) is 51.0 Å². The molecule has 0 spiro atoms. The van der Waals surface area contributed by atoms with Crippen molar-refractivity contribution in [3.63, 3.8) is 0 Å². The molecule has 0 saturated heterocycles. The number of halogens is 2. The van der Waals surface area contributed by atoms with Gasteiger partial charge in [-0.05, 0) is 67.7 Å². The molecule has 3 heterocycles. The molecule has 0 fully saturated rings. The Morgan fingerprint density at radius 2 is 1.81 bits per heavy atom. The van der Waals surface area contributed by atoms with Crippen LogP contribution >= 0.6 is 11.6 Å². The number of anilines is 2. The van der Waals surface area contributed by atoms with Gasteiger partial charge in [0.2, 0.25) is 5.95 Å². The largest absolute Gasteiger partial charge is 0.348 e. The van der Waals surface area contributed by atoms with Gasteiger partial charge in [0.1, 0.15) is 16.5 Å². The predicted octanol–water partition coefficient (Wildman–Crippen LogP) is 5.28. The molecule has 43 heavy (non-hydrogen) atoms. The van der Waals surface area contributed by atoms with Gasteiger partial charge in [0, 0.05) is 42.9 Å². The Morgan fingerprint density at radius 3 is 2.56 bits per heavy atom. The fourth-order valence-corrected chi connectivity index (χ4v) is 4.54. The molecular weight excluding hydrogens is 569 g/mol. The van der Waals surface area contributed by atoms with Crippen LogP contribution in [0, 0.1) is 5.82 Å². The summed E-state index contributed by atoms with van der Waals surface area (Å²) < 4.78 is 16.6. The van der Waals surface area contributed by atoms with Crippen molar-refractivity contribution in [3.8, 4) is 0 Å². The molecule has 218 valence electrons. The molecule has 9 nitrogen and oxygen atoms in total. The van der Waals surface area contributed by atoms with Crippen molar-refractivity contribution in [2.45, 2.75) is 13.1 Å². The van der Waals surface area contributed by atoms with Crippen molar-refractivity contribution >= 4 is 46.1 Å². The van der Waals surface area contributed by atoms with Crippen molar-refractivity contribution < 1.29 is 9.18 Å². The molecule has 0 unspecified atom stereocenters. The SMILES string of the molecule is CN(C)Cc1ccc(Nc2ncc3c(F)c(C=CCNC(=O)c4cccn(Cc5ccc(Cl)nc5)c4=O)ccc3n2)cc1. The molecular formula is C32H29ClFN7O2. The number of aromatic nitrogens is 4. The lowest BCUT2D eigenvalue weighted by molar-refractivity contribution is 0.0956. The molecule has 0 bridgehead atoms. The highest BCUT2D eigenvalue weighted by molar-refractivity contribution is 6.29. The summed E-state index contributed by atoms with van der Waals surface area (Å²) >= 11 is 5.82. The third-order valence-electron chi connectivity index (χ3n) is 6.52. The van der Waals surface area contributed by atoms with Gasteiger partial charge < -0.3 is 20.1 Å². The van der Waals surface area contributed by atoms with E-state index in [2.05, 4.69) is 30.5 Å². The molecule has 5 rings (SSSR count). The molecule has 2 N–H and O–H groups in total. The molecule has 0 aliphatic rings. The second-order valence-corrected chi connectivity index (χ2v) is 10.5. The molecule has 3 aromatic heterocycles. The summed E-state index contributed by atoms with van der Waals surface area (Å²) in [7, 11) is 4.03. The average molecular weight is 598 g/mol. The van der Waals surface area contributed by atoms with Crippen LogP contribution < -0.4 is 16.2 Å². The highest BCUT2D eigenvalue weighted by atomic mass is 35.5. The maximum absolute atomic E-state index is 15.2. The summed E-state index contributed by atoms with van der Waals surface area (Å²) in [5, 5.41) is 6.47.